The molecule has 5 heteroatoms. The molecule has 0 saturated carbocycles. The van der Waals surface area contributed by atoms with Gasteiger partial charge in [0.25, 0.3) is 0 Å². The number of amides is 1. The van der Waals surface area contributed by atoms with Gasteiger partial charge >= 0.3 is 5.97 Å². The Morgan fingerprint density at radius 1 is 1.00 bits per heavy atom. The summed E-state index contributed by atoms with van der Waals surface area (Å²) in [5.74, 6) is 1.11. The van der Waals surface area contributed by atoms with E-state index in [-0.39, 0.29) is 11.9 Å². The van der Waals surface area contributed by atoms with Crippen LogP contribution in [0.25, 0.3) is 0 Å². The van der Waals surface area contributed by atoms with Gasteiger partial charge in [0.15, 0.2) is 0 Å². The minimum Gasteiger partial charge on any atom is -0.465 e. The van der Waals surface area contributed by atoms with Crippen LogP contribution in [0.4, 0.5) is 0 Å². The average molecular weight is 357 g/mol. The molecule has 0 saturated heterocycles. The molecule has 1 N–H and O–H groups in total. The molecule has 2 aromatic rings. The van der Waals surface area contributed by atoms with E-state index in [1.54, 1.807) is 23.9 Å². The second-order valence-electron chi connectivity index (χ2n) is 5.61. The largest absolute Gasteiger partial charge is 0.465 e. The van der Waals surface area contributed by atoms with Crippen molar-refractivity contribution in [3.05, 3.63) is 71.3 Å². The summed E-state index contributed by atoms with van der Waals surface area (Å²) in [4.78, 5) is 23.2. The van der Waals surface area contributed by atoms with E-state index in [0.29, 0.717) is 17.9 Å². The monoisotopic (exact) mass is 357 g/mol. The van der Waals surface area contributed by atoms with Crippen molar-refractivity contribution in [1.82, 2.24) is 5.32 Å². The van der Waals surface area contributed by atoms with Gasteiger partial charge in [-0.15, -0.1) is 0 Å². The Labute approximate surface area is 153 Å². The predicted octanol–water partition coefficient (Wildman–Crippen LogP) is 3.46. The Balaban J connectivity index is 1.60. The molecule has 0 radical (unpaired) electrons. The molecule has 2 rings (SSSR count). The van der Waals surface area contributed by atoms with Crippen LogP contribution in [0.3, 0.4) is 0 Å². The van der Waals surface area contributed by atoms with Gasteiger partial charge in [-0.2, -0.15) is 11.8 Å². The number of methoxy groups -OCH3 is 1. The number of hydrogen-bond acceptors (Lipinski definition) is 4. The van der Waals surface area contributed by atoms with Gasteiger partial charge in [-0.05, 0) is 41.9 Å². The van der Waals surface area contributed by atoms with E-state index in [9.17, 15) is 9.59 Å². The fraction of sp³-hybridized carbons (Fsp3) is 0.300. The summed E-state index contributed by atoms with van der Waals surface area (Å²) in [7, 11) is 1.36. The van der Waals surface area contributed by atoms with Crippen LogP contribution in [0.1, 0.15) is 27.9 Å². The van der Waals surface area contributed by atoms with E-state index in [4.69, 9.17) is 0 Å². The SMILES string of the molecule is COC(=O)c1ccc(CNC(=O)CSCCCc2ccccc2)cc1. The summed E-state index contributed by atoms with van der Waals surface area (Å²) in [6.07, 6.45) is 2.11. The van der Waals surface area contributed by atoms with Crippen molar-refractivity contribution >= 4 is 23.6 Å². The second-order valence-corrected chi connectivity index (χ2v) is 6.71. The Bertz CT molecular complexity index is 671. The first-order valence-electron chi connectivity index (χ1n) is 8.24. The van der Waals surface area contributed by atoms with Crippen molar-refractivity contribution in [2.24, 2.45) is 0 Å². The molecule has 25 heavy (non-hydrogen) atoms. The van der Waals surface area contributed by atoms with Crippen LogP contribution in [0.15, 0.2) is 54.6 Å². The lowest BCUT2D eigenvalue weighted by molar-refractivity contribution is -0.118. The van der Waals surface area contributed by atoms with Crippen LogP contribution < -0.4 is 5.32 Å². The van der Waals surface area contributed by atoms with E-state index in [2.05, 4.69) is 22.2 Å². The van der Waals surface area contributed by atoms with Gasteiger partial charge in [-0.1, -0.05) is 42.5 Å². The maximum absolute atomic E-state index is 11.9. The maximum atomic E-state index is 11.9. The number of rotatable bonds is 9. The molecule has 0 fully saturated rings. The van der Waals surface area contributed by atoms with Crippen molar-refractivity contribution in [1.29, 1.82) is 0 Å². The molecule has 0 aliphatic heterocycles. The van der Waals surface area contributed by atoms with Gasteiger partial charge in [0.1, 0.15) is 0 Å². The Morgan fingerprint density at radius 3 is 2.40 bits per heavy atom. The highest BCUT2D eigenvalue weighted by Crippen LogP contribution is 2.09. The first kappa shape index (κ1) is 19.1. The fourth-order valence-electron chi connectivity index (χ4n) is 2.32. The molecule has 132 valence electrons. The lowest BCUT2D eigenvalue weighted by Gasteiger charge is -2.06. The van der Waals surface area contributed by atoms with Crippen LogP contribution >= 0.6 is 11.8 Å². The third-order valence-electron chi connectivity index (χ3n) is 3.69. The van der Waals surface area contributed by atoms with Crippen molar-refractivity contribution < 1.29 is 14.3 Å². The summed E-state index contributed by atoms with van der Waals surface area (Å²) in [6, 6.07) is 17.4. The van der Waals surface area contributed by atoms with Crippen molar-refractivity contribution in [2.45, 2.75) is 19.4 Å². The number of aryl methyl sites for hydroxylation is 1. The van der Waals surface area contributed by atoms with Gasteiger partial charge in [-0.25, -0.2) is 4.79 Å². The summed E-state index contributed by atoms with van der Waals surface area (Å²) in [5, 5.41) is 2.89. The minimum atomic E-state index is -0.359. The van der Waals surface area contributed by atoms with Crippen molar-refractivity contribution in [2.75, 3.05) is 18.6 Å². The normalized spacial score (nSPS) is 10.3. The number of thioether (sulfide) groups is 1. The number of esters is 1. The van der Waals surface area contributed by atoms with Crippen LogP contribution in [0.2, 0.25) is 0 Å². The molecule has 0 heterocycles. The molecular weight excluding hydrogens is 334 g/mol. The van der Waals surface area contributed by atoms with Gasteiger partial charge in [0.2, 0.25) is 5.91 Å². The zero-order valence-corrected chi connectivity index (χ0v) is 15.2. The smallest absolute Gasteiger partial charge is 0.337 e. The third-order valence-corrected chi connectivity index (χ3v) is 4.74. The first-order valence-corrected chi connectivity index (χ1v) is 9.40. The summed E-state index contributed by atoms with van der Waals surface area (Å²) in [5.41, 5.74) is 2.80. The molecule has 0 spiro atoms. The van der Waals surface area contributed by atoms with E-state index in [0.717, 1.165) is 24.2 Å². The standard InChI is InChI=1S/C20H23NO3S/c1-24-20(23)18-11-9-17(10-12-18)14-21-19(22)15-25-13-5-8-16-6-3-2-4-7-16/h2-4,6-7,9-12H,5,8,13-15H2,1H3,(H,21,22). The molecule has 0 aliphatic carbocycles. The average Bonchev–Trinajstić information content (AvgIpc) is 2.66. The van der Waals surface area contributed by atoms with Crippen molar-refractivity contribution in [3.63, 3.8) is 0 Å². The molecule has 1 amide bonds. The summed E-state index contributed by atoms with van der Waals surface area (Å²) < 4.78 is 4.66. The van der Waals surface area contributed by atoms with Gasteiger partial charge in [0, 0.05) is 6.54 Å². The second kappa shape index (κ2) is 10.6. The Kier molecular flexibility index (Phi) is 8.05. The van der Waals surface area contributed by atoms with E-state index in [1.165, 1.54) is 12.7 Å². The summed E-state index contributed by atoms with van der Waals surface area (Å²) >= 11 is 1.65. The molecular formula is C20H23NO3S. The van der Waals surface area contributed by atoms with Crippen LogP contribution in [0.5, 0.6) is 0 Å². The zero-order chi connectivity index (χ0) is 17.9. The van der Waals surface area contributed by atoms with Crippen LogP contribution in [0, 0.1) is 0 Å². The molecule has 0 aromatic heterocycles. The molecule has 4 nitrogen and oxygen atoms in total. The Hall–Kier alpha value is -2.27. The maximum Gasteiger partial charge on any atom is 0.337 e. The van der Waals surface area contributed by atoms with Crippen molar-refractivity contribution in [3.8, 4) is 0 Å². The molecule has 0 unspecified atom stereocenters. The molecule has 2 aromatic carbocycles. The quantitative estimate of drug-likeness (QED) is 0.552. The van der Waals surface area contributed by atoms with E-state index in [1.807, 2.05) is 30.3 Å². The van der Waals surface area contributed by atoms with Crippen LogP contribution in [-0.2, 0) is 22.5 Å². The summed E-state index contributed by atoms with van der Waals surface area (Å²) in [6.45, 7) is 0.463. The molecule has 0 aliphatic rings. The highest BCUT2D eigenvalue weighted by molar-refractivity contribution is 7.99. The molecule has 0 atom stereocenters. The molecule has 0 bridgehead atoms. The highest BCUT2D eigenvalue weighted by Gasteiger charge is 2.05. The van der Waals surface area contributed by atoms with Crippen LogP contribution in [-0.4, -0.2) is 30.5 Å². The third kappa shape index (κ3) is 7.01. The topological polar surface area (TPSA) is 55.4 Å². The fourth-order valence-corrected chi connectivity index (χ4v) is 3.10. The van der Waals surface area contributed by atoms with E-state index >= 15 is 0 Å². The van der Waals surface area contributed by atoms with Gasteiger partial charge in [-0.3, -0.25) is 4.79 Å². The number of hydrogen-bond donors (Lipinski definition) is 1. The van der Waals surface area contributed by atoms with Gasteiger partial charge < -0.3 is 10.1 Å². The number of carbonyl (C=O) groups excluding carboxylic acids is 2. The number of ether oxygens (including phenoxy) is 1. The number of carbonyl (C=O) groups is 2. The predicted molar refractivity (Wildman–Crippen MR) is 102 cm³/mol. The Morgan fingerprint density at radius 2 is 1.72 bits per heavy atom. The zero-order valence-electron chi connectivity index (χ0n) is 14.4. The lowest BCUT2D eigenvalue weighted by Crippen LogP contribution is -2.24. The van der Waals surface area contributed by atoms with Gasteiger partial charge in [0.05, 0.1) is 18.4 Å². The van der Waals surface area contributed by atoms with E-state index < -0.39 is 0 Å². The first-order chi connectivity index (χ1) is 12.2. The number of benzene rings is 2. The minimum absolute atomic E-state index is 0.0294. The lowest BCUT2D eigenvalue weighted by atomic mass is 10.1. The highest BCUT2D eigenvalue weighted by atomic mass is 32.2. The number of nitrogens with one attached hydrogen (secondary N) is 1.